The van der Waals surface area contributed by atoms with Crippen molar-refractivity contribution in [2.75, 3.05) is 14.2 Å². The molecule has 0 fully saturated rings. The fourth-order valence-corrected chi connectivity index (χ4v) is 2.66. The summed E-state index contributed by atoms with van der Waals surface area (Å²) in [5, 5.41) is 0. The van der Waals surface area contributed by atoms with Crippen LogP contribution in [0.15, 0.2) is 48.6 Å². The maximum atomic E-state index is 12.3. The van der Waals surface area contributed by atoms with Crippen molar-refractivity contribution in [2.24, 2.45) is 11.3 Å². The van der Waals surface area contributed by atoms with Crippen LogP contribution >= 0.6 is 0 Å². The van der Waals surface area contributed by atoms with Gasteiger partial charge in [-0.2, -0.15) is 0 Å². The first kappa shape index (κ1) is 15.0. The molecule has 1 aromatic carbocycles. The van der Waals surface area contributed by atoms with Crippen molar-refractivity contribution >= 4 is 17.5 Å². The lowest BCUT2D eigenvalue weighted by molar-refractivity contribution is -0.159. The molecule has 21 heavy (non-hydrogen) atoms. The van der Waals surface area contributed by atoms with E-state index in [-0.39, 0.29) is 0 Å². The number of methoxy groups -OCH3 is 2. The smallest absolute Gasteiger partial charge is 0.316 e. The number of carbonyl (C=O) groups excluding carboxylic acids is 2. The van der Waals surface area contributed by atoms with Gasteiger partial charge in [-0.15, -0.1) is 0 Å². The third kappa shape index (κ3) is 2.61. The molecule has 0 bridgehead atoms. The molecule has 0 radical (unpaired) electrons. The van der Waals surface area contributed by atoms with Gasteiger partial charge < -0.3 is 9.47 Å². The van der Waals surface area contributed by atoms with Crippen molar-refractivity contribution in [1.29, 1.82) is 0 Å². The Morgan fingerprint density at radius 2 is 1.76 bits per heavy atom. The summed E-state index contributed by atoms with van der Waals surface area (Å²) in [6.45, 7) is 1.69. The Kier molecular flexibility index (Phi) is 4.26. The Labute approximate surface area is 124 Å². The molecule has 0 heterocycles. The standard InChI is InChI=1S/C17H18O4/c1-17(16(19)21-3)11-7-10-13(14(17)15(18)20-2)12-8-5-4-6-9-12/h4-11,14H,1-3H3. The molecule has 2 atom stereocenters. The maximum absolute atomic E-state index is 12.3. The van der Waals surface area contributed by atoms with Gasteiger partial charge in [0.2, 0.25) is 0 Å². The van der Waals surface area contributed by atoms with E-state index in [0.717, 1.165) is 11.1 Å². The Bertz CT molecular complexity index is 600. The summed E-state index contributed by atoms with van der Waals surface area (Å²) >= 11 is 0. The molecule has 110 valence electrons. The van der Waals surface area contributed by atoms with Crippen LogP contribution in [0, 0.1) is 11.3 Å². The zero-order valence-corrected chi connectivity index (χ0v) is 12.3. The highest BCUT2D eigenvalue weighted by Gasteiger charge is 2.48. The summed E-state index contributed by atoms with van der Waals surface area (Å²) in [5.74, 6) is -1.65. The number of benzene rings is 1. The number of hydrogen-bond donors (Lipinski definition) is 0. The maximum Gasteiger partial charge on any atom is 0.316 e. The average Bonchev–Trinajstić information content (AvgIpc) is 2.53. The first-order chi connectivity index (χ1) is 10.0. The molecule has 4 nitrogen and oxygen atoms in total. The molecule has 1 aliphatic rings. The summed E-state index contributed by atoms with van der Waals surface area (Å²) in [7, 11) is 2.64. The van der Waals surface area contributed by atoms with E-state index in [4.69, 9.17) is 9.47 Å². The Hall–Kier alpha value is -2.36. The van der Waals surface area contributed by atoms with Crippen LogP contribution in [0.3, 0.4) is 0 Å². The average molecular weight is 286 g/mol. The minimum atomic E-state index is -1.08. The summed E-state index contributed by atoms with van der Waals surface area (Å²) in [6, 6.07) is 9.48. The Balaban J connectivity index is 2.54. The van der Waals surface area contributed by atoms with Gasteiger partial charge in [0.15, 0.2) is 0 Å². The largest absolute Gasteiger partial charge is 0.469 e. The van der Waals surface area contributed by atoms with Gasteiger partial charge in [-0.25, -0.2) is 0 Å². The van der Waals surface area contributed by atoms with Crippen molar-refractivity contribution in [2.45, 2.75) is 6.92 Å². The van der Waals surface area contributed by atoms with Gasteiger partial charge in [-0.3, -0.25) is 9.59 Å². The summed E-state index contributed by atoms with van der Waals surface area (Å²) < 4.78 is 9.79. The quantitative estimate of drug-likeness (QED) is 0.801. The predicted molar refractivity (Wildman–Crippen MR) is 79.2 cm³/mol. The van der Waals surface area contributed by atoms with Crippen LogP contribution in [0.1, 0.15) is 12.5 Å². The molecule has 1 aliphatic carbocycles. The van der Waals surface area contributed by atoms with E-state index < -0.39 is 23.3 Å². The van der Waals surface area contributed by atoms with Gasteiger partial charge in [-0.1, -0.05) is 48.6 Å². The number of carbonyl (C=O) groups is 2. The number of rotatable bonds is 3. The molecule has 0 saturated carbocycles. The number of esters is 2. The lowest BCUT2D eigenvalue weighted by Gasteiger charge is -2.34. The van der Waals surface area contributed by atoms with E-state index in [1.165, 1.54) is 14.2 Å². The van der Waals surface area contributed by atoms with Crippen LogP contribution in [0.25, 0.3) is 5.57 Å². The van der Waals surface area contributed by atoms with Crippen LogP contribution in [-0.2, 0) is 19.1 Å². The Morgan fingerprint density at radius 3 is 2.33 bits per heavy atom. The molecular weight excluding hydrogens is 268 g/mol. The molecule has 0 spiro atoms. The molecule has 1 aromatic rings. The molecule has 0 amide bonds. The first-order valence-electron chi connectivity index (χ1n) is 6.65. The predicted octanol–water partition coefficient (Wildman–Crippen LogP) is 2.61. The fraction of sp³-hybridized carbons (Fsp3) is 0.294. The lowest BCUT2D eigenvalue weighted by Crippen LogP contribution is -2.42. The van der Waals surface area contributed by atoms with E-state index in [2.05, 4.69) is 0 Å². The highest BCUT2D eigenvalue weighted by atomic mass is 16.5. The van der Waals surface area contributed by atoms with Gasteiger partial charge in [0.1, 0.15) is 11.3 Å². The SMILES string of the molecule is COC(=O)C1C(c2ccccc2)=CC=CC1(C)C(=O)OC. The normalized spacial score (nSPS) is 24.1. The summed E-state index contributed by atoms with van der Waals surface area (Å²) in [4.78, 5) is 24.5. The van der Waals surface area contributed by atoms with Crippen molar-refractivity contribution in [1.82, 2.24) is 0 Å². The molecule has 4 heteroatoms. The van der Waals surface area contributed by atoms with Crippen LogP contribution in [0.5, 0.6) is 0 Å². The van der Waals surface area contributed by atoms with E-state index in [1.54, 1.807) is 19.1 Å². The monoisotopic (exact) mass is 286 g/mol. The minimum absolute atomic E-state index is 0.456. The number of allylic oxidation sites excluding steroid dienone is 2. The fourth-order valence-electron chi connectivity index (χ4n) is 2.66. The van der Waals surface area contributed by atoms with Gasteiger partial charge in [-0.05, 0) is 18.1 Å². The van der Waals surface area contributed by atoms with E-state index >= 15 is 0 Å². The van der Waals surface area contributed by atoms with Crippen molar-refractivity contribution in [3.8, 4) is 0 Å². The lowest BCUT2D eigenvalue weighted by atomic mass is 9.68. The number of ether oxygens (including phenoxy) is 2. The minimum Gasteiger partial charge on any atom is -0.469 e. The van der Waals surface area contributed by atoms with Gasteiger partial charge >= 0.3 is 11.9 Å². The zero-order chi connectivity index (χ0) is 15.5. The molecule has 2 unspecified atom stereocenters. The summed E-state index contributed by atoms with van der Waals surface area (Å²) in [6.07, 6.45) is 5.30. The van der Waals surface area contributed by atoms with Crippen molar-refractivity contribution in [3.63, 3.8) is 0 Å². The number of hydrogen-bond acceptors (Lipinski definition) is 4. The van der Waals surface area contributed by atoms with Crippen molar-refractivity contribution < 1.29 is 19.1 Å². The van der Waals surface area contributed by atoms with Gasteiger partial charge in [0, 0.05) is 0 Å². The van der Waals surface area contributed by atoms with Crippen molar-refractivity contribution in [3.05, 3.63) is 54.1 Å². The van der Waals surface area contributed by atoms with Crippen LogP contribution in [0.4, 0.5) is 0 Å². The molecular formula is C17H18O4. The highest BCUT2D eigenvalue weighted by molar-refractivity contribution is 5.97. The Morgan fingerprint density at radius 1 is 1.10 bits per heavy atom. The van der Waals surface area contributed by atoms with Crippen LogP contribution < -0.4 is 0 Å². The topological polar surface area (TPSA) is 52.6 Å². The van der Waals surface area contributed by atoms with E-state index in [1.807, 2.05) is 36.4 Å². The molecule has 0 aromatic heterocycles. The van der Waals surface area contributed by atoms with Gasteiger partial charge in [0.25, 0.3) is 0 Å². The second kappa shape index (κ2) is 5.95. The molecule has 0 aliphatic heterocycles. The zero-order valence-electron chi connectivity index (χ0n) is 12.3. The third-order valence-electron chi connectivity index (χ3n) is 3.80. The highest BCUT2D eigenvalue weighted by Crippen LogP contribution is 2.43. The molecule has 0 saturated heterocycles. The second-order valence-electron chi connectivity index (χ2n) is 5.08. The molecule has 0 N–H and O–H groups in total. The summed E-state index contributed by atoms with van der Waals surface area (Å²) in [5.41, 5.74) is 0.548. The third-order valence-corrected chi connectivity index (χ3v) is 3.80. The van der Waals surface area contributed by atoms with Crippen LogP contribution in [-0.4, -0.2) is 26.2 Å². The second-order valence-corrected chi connectivity index (χ2v) is 5.08. The van der Waals surface area contributed by atoms with E-state index in [0.29, 0.717) is 0 Å². The van der Waals surface area contributed by atoms with E-state index in [9.17, 15) is 9.59 Å². The molecule has 2 rings (SSSR count). The first-order valence-corrected chi connectivity index (χ1v) is 6.65. The van der Waals surface area contributed by atoms with Gasteiger partial charge in [0.05, 0.1) is 14.2 Å². The van der Waals surface area contributed by atoms with Crippen LogP contribution in [0.2, 0.25) is 0 Å².